The second kappa shape index (κ2) is 15.1. The number of aromatic nitrogens is 1. The number of benzene rings is 2. The molecule has 2 atom stereocenters. The Balaban J connectivity index is 1.87. The predicted molar refractivity (Wildman–Crippen MR) is 176 cm³/mol. The summed E-state index contributed by atoms with van der Waals surface area (Å²) in [5, 5.41) is 12.1. The average molecular weight is 704 g/mol. The molecule has 1 aromatic heterocycles. The molecule has 50 heavy (non-hydrogen) atoms. The molecule has 0 spiro atoms. The number of nitrogens with zero attached hydrogens (tertiary/aromatic N) is 2. The molecule has 1 amide bonds. The lowest BCUT2D eigenvalue weighted by atomic mass is 9.87. The molecule has 13 heteroatoms. The molecule has 1 aliphatic heterocycles. The maximum atomic E-state index is 16.6. The summed E-state index contributed by atoms with van der Waals surface area (Å²) in [7, 11) is 1.84. The Morgan fingerprint density at radius 2 is 1.64 bits per heavy atom. The van der Waals surface area contributed by atoms with Gasteiger partial charge in [0.25, 0.3) is 5.56 Å². The van der Waals surface area contributed by atoms with Crippen LogP contribution in [0.2, 0.25) is 0 Å². The van der Waals surface area contributed by atoms with Crippen LogP contribution in [0.3, 0.4) is 0 Å². The first kappa shape index (κ1) is 38.2. The van der Waals surface area contributed by atoms with Crippen LogP contribution in [0.5, 0.6) is 0 Å². The summed E-state index contributed by atoms with van der Waals surface area (Å²) < 4.78 is 90.0. The molecule has 268 valence electrons. The molecule has 2 N–H and O–H groups in total. The second-order valence-corrected chi connectivity index (χ2v) is 13.3. The number of aryl methyl sites for hydroxylation is 2. The topological polar surface area (TPSA) is 91.6 Å². The molecule has 2 aromatic carbocycles. The molecule has 1 saturated heterocycles. The van der Waals surface area contributed by atoms with Crippen LogP contribution in [-0.4, -0.2) is 46.6 Å². The van der Waals surface area contributed by atoms with Gasteiger partial charge in [-0.3, -0.25) is 14.4 Å². The molecular weight excluding hydrogens is 664 g/mol. The van der Waals surface area contributed by atoms with Gasteiger partial charge in [0.15, 0.2) is 0 Å². The van der Waals surface area contributed by atoms with E-state index in [9.17, 15) is 37.1 Å². The number of halogens is 6. The van der Waals surface area contributed by atoms with Crippen molar-refractivity contribution in [3.63, 3.8) is 0 Å². The number of terminal acetylenes is 1. The number of likely N-dealkylation sites (tertiary alicyclic amines) is 1. The number of nitrogens with one attached hydrogen (secondary N) is 1. The lowest BCUT2D eigenvalue weighted by molar-refractivity contribution is -0.139. The van der Waals surface area contributed by atoms with Crippen molar-refractivity contribution in [2.24, 2.45) is 5.92 Å². The standard InChI is InChI=1S/C37H39F6N3O4/c1-7-22-15-27(39)34(35(40)33(22)32-20(4)13-24(38)14-21(32)5)28(17-31(48)49)44-36(50)29(12-19(2)3)46-18-25(23-8-10-45(6)11-9-23)26(16-30(46)47)37(41,42)43/h1,13-16,18-19,23,28-29H,8-12,17H2,2-6H3,(H,44,50)(H,48,49)/t28-,29+/m0/s1. The fourth-order valence-corrected chi connectivity index (χ4v) is 6.78. The van der Waals surface area contributed by atoms with Crippen molar-refractivity contribution in [3.05, 3.63) is 91.6 Å². The molecule has 2 heterocycles. The van der Waals surface area contributed by atoms with Gasteiger partial charge in [0.1, 0.15) is 23.5 Å². The molecule has 4 rings (SSSR count). The zero-order chi connectivity index (χ0) is 37.2. The van der Waals surface area contributed by atoms with Crippen LogP contribution in [-0.2, 0) is 15.8 Å². The molecule has 0 saturated carbocycles. The Hall–Kier alpha value is -4.57. The highest BCUT2D eigenvalue weighted by molar-refractivity contribution is 5.83. The van der Waals surface area contributed by atoms with Crippen LogP contribution >= 0.6 is 0 Å². The van der Waals surface area contributed by atoms with Crippen LogP contribution in [0.25, 0.3) is 11.1 Å². The number of pyridine rings is 1. The summed E-state index contributed by atoms with van der Waals surface area (Å²) >= 11 is 0. The van der Waals surface area contributed by atoms with E-state index in [1.165, 1.54) is 13.8 Å². The van der Waals surface area contributed by atoms with Crippen molar-refractivity contribution >= 4 is 11.9 Å². The maximum Gasteiger partial charge on any atom is 0.416 e. The number of carboxylic acids is 1. The molecule has 0 bridgehead atoms. The number of hydrogen-bond donors (Lipinski definition) is 2. The first-order valence-electron chi connectivity index (χ1n) is 16.1. The Kier molecular flexibility index (Phi) is 11.6. The predicted octanol–water partition coefficient (Wildman–Crippen LogP) is 7.28. The number of carbonyl (C=O) groups is 2. The van der Waals surface area contributed by atoms with Gasteiger partial charge in [0.2, 0.25) is 5.91 Å². The van der Waals surface area contributed by atoms with E-state index in [2.05, 4.69) is 11.2 Å². The van der Waals surface area contributed by atoms with Gasteiger partial charge in [-0.15, -0.1) is 6.42 Å². The SMILES string of the molecule is C#Cc1cc(F)c([C@H](CC(=O)O)NC(=O)[C@@H](CC(C)C)n2cc(C3CCN(C)CC3)c(C(F)(F)F)cc2=O)c(F)c1-c1c(C)cc(F)cc1C. The highest BCUT2D eigenvalue weighted by atomic mass is 19.4. The van der Waals surface area contributed by atoms with E-state index in [1.54, 1.807) is 13.8 Å². The third kappa shape index (κ3) is 8.24. The lowest BCUT2D eigenvalue weighted by Crippen LogP contribution is -2.41. The molecule has 1 aliphatic rings. The van der Waals surface area contributed by atoms with E-state index in [-0.39, 0.29) is 45.7 Å². The van der Waals surface area contributed by atoms with Crippen LogP contribution in [0, 0.1) is 49.6 Å². The van der Waals surface area contributed by atoms with Gasteiger partial charge in [-0.1, -0.05) is 19.8 Å². The Morgan fingerprint density at radius 1 is 1.04 bits per heavy atom. The van der Waals surface area contributed by atoms with Gasteiger partial charge in [0, 0.05) is 29.0 Å². The van der Waals surface area contributed by atoms with Crippen molar-refractivity contribution in [3.8, 4) is 23.5 Å². The number of carbonyl (C=O) groups excluding carboxylic acids is 1. The summed E-state index contributed by atoms with van der Waals surface area (Å²) in [4.78, 5) is 41.4. The minimum absolute atomic E-state index is 0.0794. The molecule has 0 unspecified atom stereocenters. The summed E-state index contributed by atoms with van der Waals surface area (Å²) in [6.07, 6.45) is 1.45. The van der Waals surface area contributed by atoms with E-state index in [0.29, 0.717) is 32.0 Å². The number of carboxylic acid groups (broad SMARTS) is 1. The summed E-state index contributed by atoms with van der Waals surface area (Å²) in [6.45, 7) is 7.43. The van der Waals surface area contributed by atoms with Crippen LogP contribution in [0.15, 0.2) is 35.3 Å². The highest BCUT2D eigenvalue weighted by Gasteiger charge is 2.39. The number of amides is 1. The van der Waals surface area contributed by atoms with Crippen molar-refractivity contribution < 1.29 is 41.0 Å². The van der Waals surface area contributed by atoms with Crippen molar-refractivity contribution in [1.29, 1.82) is 0 Å². The zero-order valence-electron chi connectivity index (χ0n) is 28.4. The van der Waals surface area contributed by atoms with E-state index < -0.39 is 76.6 Å². The van der Waals surface area contributed by atoms with Gasteiger partial charge >= 0.3 is 12.1 Å². The van der Waals surface area contributed by atoms with E-state index in [0.717, 1.165) is 29.0 Å². The van der Waals surface area contributed by atoms with Crippen LogP contribution in [0.4, 0.5) is 26.3 Å². The largest absolute Gasteiger partial charge is 0.481 e. The number of piperidine rings is 1. The first-order chi connectivity index (χ1) is 23.3. The number of rotatable bonds is 10. The third-order valence-corrected chi connectivity index (χ3v) is 9.11. The second-order valence-electron chi connectivity index (χ2n) is 13.3. The van der Waals surface area contributed by atoms with Crippen LogP contribution in [0.1, 0.15) is 90.9 Å². The van der Waals surface area contributed by atoms with Crippen LogP contribution < -0.4 is 10.9 Å². The molecule has 0 radical (unpaired) electrons. The summed E-state index contributed by atoms with van der Waals surface area (Å²) in [6, 6.07) is 0.208. The molecule has 3 aromatic rings. The summed E-state index contributed by atoms with van der Waals surface area (Å²) in [5.41, 5.74) is -3.09. The van der Waals surface area contributed by atoms with Crippen molar-refractivity contribution in [2.45, 2.75) is 77.6 Å². The zero-order valence-corrected chi connectivity index (χ0v) is 28.4. The van der Waals surface area contributed by atoms with Gasteiger partial charge in [-0.25, -0.2) is 13.2 Å². The quantitative estimate of drug-likeness (QED) is 0.171. The van der Waals surface area contributed by atoms with E-state index in [4.69, 9.17) is 6.42 Å². The van der Waals surface area contributed by atoms with Crippen molar-refractivity contribution in [1.82, 2.24) is 14.8 Å². The van der Waals surface area contributed by atoms with Gasteiger partial charge in [-0.05, 0) is 106 Å². The fraction of sp³-hybridized carbons (Fsp3) is 0.432. The number of hydrogen-bond acceptors (Lipinski definition) is 4. The van der Waals surface area contributed by atoms with E-state index >= 15 is 8.78 Å². The Morgan fingerprint density at radius 3 is 2.16 bits per heavy atom. The minimum atomic E-state index is -4.85. The normalized spacial score (nSPS) is 15.5. The first-order valence-corrected chi connectivity index (χ1v) is 16.1. The lowest BCUT2D eigenvalue weighted by Gasteiger charge is -2.32. The molecule has 7 nitrogen and oxygen atoms in total. The monoisotopic (exact) mass is 703 g/mol. The summed E-state index contributed by atoms with van der Waals surface area (Å²) in [5.74, 6) is -4.38. The third-order valence-electron chi connectivity index (χ3n) is 9.11. The minimum Gasteiger partial charge on any atom is -0.481 e. The molecular formula is C37H39F6N3O4. The Bertz CT molecular complexity index is 1860. The highest BCUT2D eigenvalue weighted by Crippen LogP contribution is 2.40. The number of aliphatic carboxylic acids is 1. The maximum absolute atomic E-state index is 16.6. The molecule has 0 aliphatic carbocycles. The van der Waals surface area contributed by atoms with E-state index in [1.807, 2.05) is 11.9 Å². The fourth-order valence-electron chi connectivity index (χ4n) is 6.78. The Labute approximate surface area is 286 Å². The smallest absolute Gasteiger partial charge is 0.416 e. The van der Waals surface area contributed by atoms with Crippen molar-refractivity contribution in [2.75, 3.05) is 20.1 Å². The van der Waals surface area contributed by atoms with Gasteiger partial charge in [0.05, 0.1) is 18.0 Å². The van der Waals surface area contributed by atoms with Gasteiger partial charge in [-0.2, -0.15) is 13.2 Å². The number of alkyl halides is 3. The van der Waals surface area contributed by atoms with Gasteiger partial charge < -0.3 is 19.9 Å². The average Bonchev–Trinajstić information content (AvgIpc) is 2.99. The molecule has 1 fully saturated rings.